The molecule has 1 saturated heterocycles. The van der Waals surface area contributed by atoms with Crippen molar-refractivity contribution >= 4 is 34.9 Å². The van der Waals surface area contributed by atoms with Crippen LogP contribution in [0.25, 0.3) is 6.08 Å². The van der Waals surface area contributed by atoms with E-state index in [0.29, 0.717) is 12.0 Å². The minimum absolute atomic E-state index is 0.0702. The summed E-state index contributed by atoms with van der Waals surface area (Å²) in [6.07, 6.45) is 7.86. The molecule has 0 aromatic heterocycles. The number of amides is 3. The van der Waals surface area contributed by atoms with Crippen LogP contribution in [0.3, 0.4) is 0 Å². The Hall–Kier alpha value is -2.88. The number of carbonyl (C=O) groups excluding carboxylic acids is 3. The zero-order valence-corrected chi connectivity index (χ0v) is 17.6. The molecule has 0 saturated carbocycles. The van der Waals surface area contributed by atoms with Crippen molar-refractivity contribution in [1.29, 1.82) is 0 Å². The molecule has 3 rings (SSSR count). The lowest BCUT2D eigenvalue weighted by molar-refractivity contribution is -0.126. The monoisotopic (exact) mass is 452 g/mol. The van der Waals surface area contributed by atoms with Crippen molar-refractivity contribution in [2.75, 3.05) is 20.2 Å². The Morgan fingerprint density at radius 2 is 2.13 bits per heavy atom. The molecule has 1 aliphatic heterocycles. The first-order valence-corrected chi connectivity index (χ1v) is 10.5. The maximum atomic E-state index is 12.6. The lowest BCUT2D eigenvalue weighted by atomic mass is 9.94. The molecule has 1 unspecified atom stereocenters. The second-order valence-electron chi connectivity index (χ2n) is 6.89. The third-order valence-electron chi connectivity index (χ3n) is 4.85. The number of rotatable bonds is 8. The molecule has 1 aromatic rings. The Balaban J connectivity index is 1.61. The van der Waals surface area contributed by atoms with Gasteiger partial charge >= 0.3 is 6.61 Å². The highest BCUT2D eigenvalue weighted by Crippen LogP contribution is 2.34. The molecule has 10 heteroatoms. The van der Waals surface area contributed by atoms with Gasteiger partial charge in [0.15, 0.2) is 11.5 Å². The van der Waals surface area contributed by atoms with Crippen molar-refractivity contribution in [1.82, 2.24) is 10.2 Å². The van der Waals surface area contributed by atoms with E-state index in [9.17, 15) is 23.2 Å². The molecule has 1 fully saturated rings. The summed E-state index contributed by atoms with van der Waals surface area (Å²) in [4.78, 5) is 38.3. The predicted octanol–water partition coefficient (Wildman–Crippen LogP) is 3.81. The molecule has 31 heavy (non-hydrogen) atoms. The lowest BCUT2D eigenvalue weighted by Crippen LogP contribution is -2.39. The molecule has 1 aromatic carbocycles. The van der Waals surface area contributed by atoms with Crippen molar-refractivity contribution in [3.63, 3.8) is 0 Å². The summed E-state index contributed by atoms with van der Waals surface area (Å²) in [7, 11) is 1.31. The molecule has 1 heterocycles. The Labute approximate surface area is 182 Å². The summed E-state index contributed by atoms with van der Waals surface area (Å²) >= 11 is 0.776. The Morgan fingerprint density at radius 1 is 1.32 bits per heavy atom. The number of allylic oxidation sites excluding steroid dienone is 2. The third kappa shape index (κ3) is 5.84. The average molecular weight is 452 g/mol. The number of nitrogens with one attached hydrogen (secondary N) is 1. The molecule has 1 N–H and O–H groups in total. The number of benzene rings is 1. The average Bonchev–Trinajstić information content (AvgIpc) is 3.02. The Kier molecular flexibility index (Phi) is 7.67. The predicted molar refractivity (Wildman–Crippen MR) is 112 cm³/mol. The number of hydrogen-bond acceptors (Lipinski definition) is 6. The molecule has 1 aliphatic carbocycles. The van der Waals surface area contributed by atoms with Gasteiger partial charge in [-0.3, -0.25) is 19.3 Å². The van der Waals surface area contributed by atoms with E-state index in [1.807, 2.05) is 12.2 Å². The van der Waals surface area contributed by atoms with Gasteiger partial charge < -0.3 is 14.8 Å². The maximum absolute atomic E-state index is 12.6. The van der Waals surface area contributed by atoms with Crippen LogP contribution in [-0.2, 0) is 9.59 Å². The number of hydrogen-bond donors (Lipinski definition) is 1. The van der Waals surface area contributed by atoms with Crippen molar-refractivity contribution in [3.8, 4) is 11.5 Å². The lowest BCUT2D eigenvalue weighted by Gasteiger charge is -2.18. The van der Waals surface area contributed by atoms with Crippen LogP contribution >= 0.6 is 11.8 Å². The fourth-order valence-electron chi connectivity index (χ4n) is 3.28. The van der Waals surface area contributed by atoms with E-state index in [-0.39, 0.29) is 41.3 Å². The van der Waals surface area contributed by atoms with Crippen LogP contribution in [0.15, 0.2) is 35.3 Å². The quantitative estimate of drug-likeness (QED) is 0.477. The molecule has 1 atom stereocenters. The highest BCUT2D eigenvalue weighted by atomic mass is 32.2. The topological polar surface area (TPSA) is 84.9 Å². The standard InChI is InChI=1S/C21H22F2N2O5S/c1-29-16-11-13(7-8-15(16)30-20(22)23)12-17-19(27)25(21(28)31-17)10-9-24-18(26)14-5-3-2-4-6-14/h2-3,7-8,11-12,14,20H,4-6,9-10H2,1H3,(H,24,26)/b17-12-. The van der Waals surface area contributed by atoms with Crippen LogP contribution < -0.4 is 14.8 Å². The molecule has 3 amide bonds. The van der Waals surface area contributed by atoms with Crippen LogP contribution in [0.4, 0.5) is 13.6 Å². The summed E-state index contributed by atoms with van der Waals surface area (Å²) in [5, 5.41) is 2.35. The normalized spacial score (nSPS) is 19.9. The fourth-order valence-corrected chi connectivity index (χ4v) is 4.14. The van der Waals surface area contributed by atoms with Crippen molar-refractivity contribution in [3.05, 3.63) is 40.8 Å². The van der Waals surface area contributed by atoms with E-state index in [4.69, 9.17) is 4.74 Å². The van der Waals surface area contributed by atoms with E-state index in [1.165, 1.54) is 31.4 Å². The van der Waals surface area contributed by atoms with Gasteiger partial charge in [-0.1, -0.05) is 18.2 Å². The second-order valence-corrected chi connectivity index (χ2v) is 7.89. The second kappa shape index (κ2) is 10.4. The van der Waals surface area contributed by atoms with E-state index >= 15 is 0 Å². The van der Waals surface area contributed by atoms with Gasteiger partial charge in [0.1, 0.15) is 0 Å². The van der Waals surface area contributed by atoms with E-state index in [0.717, 1.165) is 29.5 Å². The number of carbonyl (C=O) groups is 3. The van der Waals surface area contributed by atoms with Gasteiger partial charge in [0.25, 0.3) is 11.1 Å². The smallest absolute Gasteiger partial charge is 0.387 e. The van der Waals surface area contributed by atoms with Crippen molar-refractivity contribution in [2.24, 2.45) is 5.92 Å². The summed E-state index contributed by atoms with van der Waals surface area (Å²) < 4.78 is 34.3. The molecule has 0 spiro atoms. The van der Waals surface area contributed by atoms with E-state index in [1.54, 1.807) is 0 Å². The van der Waals surface area contributed by atoms with Gasteiger partial charge in [0, 0.05) is 19.0 Å². The fraction of sp³-hybridized carbons (Fsp3) is 0.381. The minimum Gasteiger partial charge on any atom is -0.493 e. The molecule has 0 bridgehead atoms. The number of imide groups is 1. The third-order valence-corrected chi connectivity index (χ3v) is 5.76. The zero-order chi connectivity index (χ0) is 22.4. The van der Waals surface area contributed by atoms with Crippen LogP contribution in [-0.4, -0.2) is 48.8 Å². The number of methoxy groups -OCH3 is 1. The first-order chi connectivity index (χ1) is 14.9. The largest absolute Gasteiger partial charge is 0.493 e. The summed E-state index contributed by atoms with van der Waals surface area (Å²) in [5.41, 5.74) is 0.489. The highest BCUT2D eigenvalue weighted by Gasteiger charge is 2.34. The van der Waals surface area contributed by atoms with Gasteiger partial charge in [-0.15, -0.1) is 0 Å². The van der Waals surface area contributed by atoms with Gasteiger partial charge in [-0.05, 0) is 54.8 Å². The molecule has 7 nitrogen and oxygen atoms in total. The number of thioether (sulfide) groups is 1. The van der Waals surface area contributed by atoms with Crippen molar-refractivity contribution < 1.29 is 32.6 Å². The van der Waals surface area contributed by atoms with Crippen LogP contribution in [0.5, 0.6) is 11.5 Å². The summed E-state index contributed by atoms with van der Waals surface area (Å²) in [5.74, 6) is -0.686. The zero-order valence-electron chi connectivity index (χ0n) is 16.8. The number of nitrogens with zero attached hydrogens (tertiary/aromatic N) is 1. The molecule has 166 valence electrons. The first kappa shape index (κ1) is 22.8. The van der Waals surface area contributed by atoms with Crippen molar-refractivity contribution in [2.45, 2.75) is 25.9 Å². The number of alkyl halides is 2. The molecular weight excluding hydrogens is 430 g/mol. The SMILES string of the molecule is COc1cc(/C=C2\SC(=O)N(CCNC(=O)C3CC=CCC3)C2=O)ccc1OC(F)F. The minimum atomic E-state index is -2.99. The van der Waals surface area contributed by atoms with Gasteiger partial charge in [-0.25, -0.2) is 0 Å². The van der Waals surface area contributed by atoms with Crippen LogP contribution in [0, 0.1) is 5.92 Å². The van der Waals surface area contributed by atoms with Crippen LogP contribution in [0.1, 0.15) is 24.8 Å². The van der Waals surface area contributed by atoms with Crippen LogP contribution in [0.2, 0.25) is 0 Å². The summed E-state index contributed by atoms with van der Waals surface area (Å²) in [6.45, 7) is -2.75. The van der Waals surface area contributed by atoms with Gasteiger partial charge in [0.2, 0.25) is 5.91 Å². The van der Waals surface area contributed by atoms with E-state index < -0.39 is 17.8 Å². The Morgan fingerprint density at radius 3 is 2.81 bits per heavy atom. The number of ether oxygens (including phenoxy) is 2. The van der Waals surface area contributed by atoms with Gasteiger partial charge in [0.05, 0.1) is 12.0 Å². The van der Waals surface area contributed by atoms with Gasteiger partial charge in [-0.2, -0.15) is 8.78 Å². The van der Waals surface area contributed by atoms with E-state index in [2.05, 4.69) is 10.1 Å². The highest BCUT2D eigenvalue weighted by molar-refractivity contribution is 8.18. The Bertz CT molecular complexity index is 919. The first-order valence-electron chi connectivity index (χ1n) is 9.70. The molecular formula is C21H22F2N2O5S. The summed E-state index contributed by atoms with van der Waals surface area (Å²) in [6, 6.07) is 4.22. The maximum Gasteiger partial charge on any atom is 0.387 e. The molecule has 0 radical (unpaired) electrons. The number of halogens is 2. The molecule has 2 aliphatic rings.